The molecule has 0 saturated heterocycles. The number of carboxylic acids is 1. The summed E-state index contributed by atoms with van der Waals surface area (Å²) < 4.78 is 0. The van der Waals surface area contributed by atoms with Crippen LogP contribution in [-0.4, -0.2) is 15.9 Å². The van der Waals surface area contributed by atoms with Crippen LogP contribution in [0.4, 0.5) is 0 Å². The molecule has 0 radical (unpaired) electrons. The van der Waals surface area contributed by atoms with Crippen molar-refractivity contribution in [3.63, 3.8) is 0 Å². The summed E-state index contributed by atoms with van der Waals surface area (Å²) in [5, 5.41) is 8.60. The quantitative estimate of drug-likeness (QED) is 0.865. The van der Waals surface area contributed by atoms with Crippen molar-refractivity contribution >= 4 is 21.9 Å². The van der Waals surface area contributed by atoms with E-state index in [1.165, 1.54) is 5.56 Å². The molecule has 2 aromatic rings. The Morgan fingerprint density at radius 2 is 1.53 bits per heavy atom. The second-order valence-corrected chi connectivity index (χ2v) is 5.26. The van der Waals surface area contributed by atoms with Crippen LogP contribution in [0.15, 0.2) is 60.7 Å². The number of aryl methyl sites for hydroxylation is 1. The highest BCUT2D eigenvalue weighted by atomic mass is 79.9. The van der Waals surface area contributed by atoms with E-state index in [1.807, 2.05) is 48.5 Å². The second kappa shape index (κ2) is 8.48. The number of hydrogen-bond acceptors (Lipinski definition) is 1. The summed E-state index contributed by atoms with van der Waals surface area (Å²) in [6.45, 7) is 2.08. The van der Waals surface area contributed by atoms with E-state index in [0.29, 0.717) is 6.42 Å². The van der Waals surface area contributed by atoms with E-state index in [1.54, 1.807) is 0 Å². The number of halogens is 1. The molecule has 0 bridgehead atoms. The highest BCUT2D eigenvalue weighted by Crippen LogP contribution is 2.09. The number of benzene rings is 2. The number of hydrogen-bond donors (Lipinski definition) is 1. The Bertz CT molecular complexity index is 483. The monoisotopic (exact) mass is 320 g/mol. The van der Waals surface area contributed by atoms with Crippen LogP contribution in [0.5, 0.6) is 0 Å². The van der Waals surface area contributed by atoms with Gasteiger partial charge in [0.05, 0.1) is 0 Å². The van der Waals surface area contributed by atoms with Gasteiger partial charge in [0.15, 0.2) is 0 Å². The first kappa shape index (κ1) is 15.4. The summed E-state index contributed by atoms with van der Waals surface area (Å²) in [5.41, 5.74) is 2.35. The summed E-state index contributed by atoms with van der Waals surface area (Å²) in [7, 11) is 0. The fourth-order valence-electron chi connectivity index (χ4n) is 1.44. The van der Waals surface area contributed by atoms with Gasteiger partial charge in [-0.25, -0.2) is 0 Å². The largest absolute Gasteiger partial charge is 0.480 e. The van der Waals surface area contributed by atoms with Crippen molar-refractivity contribution in [2.75, 3.05) is 0 Å². The lowest BCUT2D eigenvalue weighted by atomic mass is 10.1. The fraction of sp³-hybridized carbons (Fsp3) is 0.188. The molecule has 100 valence electrons. The van der Waals surface area contributed by atoms with Gasteiger partial charge < -0.3 is 5.11 Å². The second-order valence-electron chi connectivity index (χ2n) is 4.15. The molecule has 0 aliphatic heterocycles. The maximum absolute atomic E-state index is 10.5. The van der Waals surface area contributed by atoms with Crippen molar-refractivity contribution in [1.82, 2.24) is 0 Å². The molecule has 2 aromatic carbocycles. The van der Waals surface area contributed by atoms with E-state index in [9.17, 15) is 4.79 Å². The lowest BCUT2D eigenvalue weighted by molar-refractivity contribution is -0.136. The minimum atomic E-state index is -0.821. The lowest BCUT2D eigenvalue weighted by Gasteiger charge is -2.03. The minimum absolute atomic E-state index is 0.486. The Labute approximate surface area is 122 Å². The van der Waals surface area contributed by atoms with Crippen molar-refractivity contribution in [3.8, 4) is 0 Å². The zero-order valence-corrected chi connectivity index (χ0v) is 12.4. The molecule has 0 aliphatic carbocycles. The smallest absolute Gasteiger partial charge is 0.317 e. The molecule has 0 unspecified atom stereocenters. The molecule has 0 saturated carbocycles. The molecule has 0 fully saturated rings. The van der Waals surface area contributed by atoms with Crippen molar-refractivity contribution in [1.29, 1.82) is 0 Å². The van der Waals surface area contributed by atoms with Crippen LogP contribution in [0.1, 0.15) is 11.1 Å². The number of alkyl halides is 1. The van der Waals surface area contributed by atoms with Crippen molar-refractivity contribution in [2.24, 2.45) is 0 Å². The van der Waals surface area contributed by atoms with E-state index in [2.05, 4.69) is 35.0 Å². The minimum Gasteiger partial charge on any atom is -0.480 e. The van der Waals surface area contributed by atoms with Crippen LogP contribution < -0.4 is 0 Å². The Balaban J connectivity index is 0.000000218. The number of aliphatic carboxylic acids is 1. The molecular weight excluding hydrogens is 304 g/mol. The SMILES string of the molecule is Cc1ccccc1.O=C(O)[C@H](Br)Cc1ccccc1. The van der Waals surface area contributed by atoms with Crippen molar-refractivity contribution < 1.29 is 9.90 Å². The lowest BCUT2D eigenvalue weighted by Crippen LogP contribution is -2.15. The van der Waals surface area contributed by atoms with E-state index in [-0.39, 0.29) is 0 Å². The van der Waals surface area contributed by atoms with Gasteiger partial charge in [0, 0.05) is 0 Å². The van der Waals surface area contributed by atoms with Crippen LogP contribution in [0.3, 0.4) is 0 Å². The normalized spacial score (nSPS) is 11.1. The summed E-state index contributed by atoms with van der Waals surface area (Å²) >= 11 is 3.08. The third-order valence-corrected chi connectivity index (χ3v) is 3.18. The molecule has 1 atom stereocenters. The highest BCUT2D eigenvalue weighted by Gasteiger charge is 2.12. The Kier molecular flexibility index (Phi) is 6.90. The summed E-state index contributed by atoms with van der Waals surface area (Å²) in [4.78, 5) is 9.97. The molecule has 0 aliphatic rings. The number of rotatable bonds is 3. The number of carbonyl (C=O) groups is 1. The van der Waals surface area contributed by atoms with Gasteiger partial charge >= 0.3 is 5.97 Å². The Morgan fingerprint density at radius 1 is 1.05 bits per heavy atom. The van der Waals surface area contributed by atoms with E-state index in [0.717, 1.165) is 5.56 Å². The molecule has 0 spiro atoms. The summed E-state index contributed by atoms with van der Waals surface area (Å²) in [6, 6.07) is 19.8. The summed E-state index contributed by atoms with van der Waals surface area (Å²) in [6.07, 6.45) is 0.524. The van der Waals surface area contributed by atoms with Gasteiger partial charge in [-0.3, -0.25) is 4.79 Å². The summed E-state index contributed by atoms with van der Waals surface area (Å²) in [5.74, 6) is -0.821. The molecular formula is C16H17BrO2. The van der Waals surface area contributed by atoms with Gasteiger partial charge in [-0.2, -0.15) is 0 Å². The highest BCUT2D eigenvalue weighted by molar-refractivity contribution is 9.10. The Morgan fingerprint density at radius 3 is 1.89 bits per heavy atom. The average molecular weight is 321 g/mol. The molecule has 3 heteroatoms. The van der Waals surface area contributed by atoms with Gasteiger partial charge in [-0.15, -0.1) is 0 Å². The van der Waals surface area contributed by atoms with E-state index < -0.39 is 10.8 Å². The third-order valence-electron chi connectivity index (χ3n) is 2.47. The first-order chi connectivity index (χ1) is 9.09. The predicted molar refractivity (Wildman–Crippen MR) is 81.7 cm³/mol. The van der Waals surface area contributed by atoms with Crippen LogP contribution in [0.2, 0.25) is 0 Å². The zero-order valence-electron chi connectivity index (χ0n) is 10.8. The van der Waals surface area contributed by atoms with Gasteiger partial charge in [0.25, 0.3) is 0 Å². The predicted octanol–water partition coefficient (Wildman–Crippen LogP) is 4.07. The van der Waals surface area contributed by atoms with Crippen LogP contribution in [0.25, 0.3) is 0 Å². The first-order valence-electron chi connectivity index (χ1n) is 6.02. The van der Waals surface area contributed by atoms with Crippen molar-refractivity contribution in [2.45, 2.75) is 18.2 Å². The van der Waals surface area contributed by atoms with Crippen LogP contribution in [-0.2, 0) is 11.2 Å². The maximum Gasteiger partial charge on any atom is 0.317 e. The van der Waals surface area contributed by atoms with E-state index in [4.69, 9.17) is 5.11 Å². The topological polar surface area (TPSA) is 37.3 Å². The maximum atomic E-state index is 10.5. The molecule has 0 heterocycles. The fourth-order valence-corrected chi connectivity index (χ4v) is 1.82. The van der Waals surface area contributed by atoms with E-state index >= 15 is 0 Å². The van der Waals surface area contributed by atoms with Crippen LogP contribution >= 0.6 is 15.9 Å². The number of carboxylic acid groups (broad SMARTS) is 1. The van der Waals surface area contributed by atoms with Crippen molar-refractivity contribution in [3.05, 3.63) is 71.8 Å². The van der Waals surface area contributed by atoms with Gasteiger partial charge in [-0.05, 0) is 18.9 Å². The molecule has 2 nitrogen and oxygen atoms in total. The standard InChI is InChI=1S/C9H9BrO2.C7H8/c10-8(9(11)12)6-7-4-2-1-3-5-7;1-7-5-3-2-4-6-7/h1-5,8H,6H2,(H,11,12);2-6H,1H3/t8-;/m1./s1. The molecule has 1 N–H and O–H groups in total. The average Bonchev–Trinajstić information content (AvgIpc) is 2.41. The van der Waals surface area contributed by atoms with Gasteiger partial charge in [0.1, 0.15) is 4.83 Å². The van der Waals surface area contributed by atoms with Gasteiger partial charge in [-0.1, -0.05) is 82.2 Å². The third kappa shape index (κ3) is 6.77. The molecule has 0 aromatic heterocycles. The van der Waals surface area contributed by atoms with Crippen LogP contribution in [0, 0.1) is 6.92 Å². The Hall–Kier alpha value is -1.61. The molecule has 0 amide bonds. The first-order valence-corrected chi connectivity index (χ1v) is 6.93. The molecule has 19 heavy (non-hydrogen) atoms. The van der Waals surface area contributed by atoms with Gasteiger partial charge in [0.2, 0.25) is 0 Å². The molecule has 2 rings (SSSR count). The zero-order chi connectivity index (χ0) is 14.1.